The van der Waals surface area contributed by atoms with Crippen LogP contribution in [-0.4, -0.2) is 27.3 Å². The van der Waals surface area contributed by atoms with Gasteiger partial charge in [-0.2, -0.15) is 0 Å². The van der Waals surface area contributed by atoms with Crippen molar-refractivity contribution in [3.63, 3.8) is 0 Å². The number of aromatic nitrogens is 2. The maximum absolute atomic E-state index is 13.2. The molecular weight excluding hydrogens is 366 g/mol. The topological polar surface area (TPSA) is 46.9 Å². The van der Waals surface area contributed by atoms with Crippen LogP contribution in [0.3, 0.4) is 0 Å². The van der Waals surface area contributed by atoms with Crippen molar-refractivity contribution >= 4 is 17.7 Å². The van der Waals surface area contributed by atoms with E-state index in [4.69, 9.17) is 4.98 Å². The first-order valence-corrected chi connectivity index (χ1v) is 11.8. The smallest absolute Gasteiger partial charge is 0.254 e. The van der Waals surface area contributed by atoms with Gasteiger partial charge < -0.3 is 9.88 Å². The first-order chi connectivity index (χ1) is 13.7. The fourth-order valence-electron chi connectivity index (χ4n) is 5.93. The van der Waals surface area contributed by atoms with Crippen LogP contribution >= 0.6 is 11.8 Å². The second-order valence-electron chi connectivity index (χ2n) is 8.89. The zero-order chi connectivity index (χ0) is 19.1. The molecule has 0 aliphatic heterocycles. The van der Waals surface area contributed by atoms with Crippen LogP contribution in [0.15, 0.2) is 41.7 Å². The summed E-state index contributed by atoms with van der Waals surface area (Å²) in [6, 6.07) is 8.28. The minimum absolute atomic E-state index is 0.0719. The summed E-state index contributed by atoms with van der Waals surface area (Å²) in [5.74, 6) is 5.15. The maximum atomic E-state index is 13.2. The second kappa shape index (κ2) is 7.58. The zero-order valence-corrected chi connectivity index (χ0v) is 17.3. The summed E-state index contributed by atoms with van der Waals surface area (Å²) in [6.45, 7) is 2.16. The normalized spacial score (nSPS) is 30.5. The lowest BCUT2D eigenvalue weighted by molar-refractivity contribution is -0.0120. The second-order valence-corrected chi connectivity index (χ2v) is 9.97. The molecule has 0 saturated heterocycles. The molecular formula is C23H29N3OS. The Morgan fingerprint density at radius 2 is 1.79 bits per heavy atom. The minimum atomic E-state index is 0.0719. The summed E-state index contributed by atoms with van der Waals surface area (Å²) in [6.07, 6.45) is 11.8. The quantitative estimate of drug-likeness (QED) is 0.706. The van der Waals surface area contributed by atoms with E-state index < -0.39 is 0 Å². The van der Waals surface area contributed by atoms with Crippen molar-refractivity contribution in [1.29, 1.82) is 0 Å². The molecule has 28 heavy (non-hydrogen) atoms. The Bertz CT molecular complexity index is 820. The Morgan fingerprint density at radius 3 is 2.43 bits per heavy atom. The van der Waals surface area contributed by atoms with Crippen LogP contribution in [0, 0.1) is 23.7 Å². The van der Waals surface area contributed by atoms with E-state index in [9.17, 15) is 4.79 Å². The molecule has 4 fully saturated rings. The average Bonchev–Trinajstić information content (AvgIpc) is 3.23. The van der Waals surface area contributed by atoms with Crippen LogP contribution in [0.4, 0.5) is 0 Å². The number of hydrogen-bond donors (Lipinski definition) is 1. The van der Waals surface area contributed by atoms with E-state index in [2.05, 4.69) is 12.2 Å². The molecule has 2 heterocycles. The lowest BCUT2D eigenvalue weighted by Crippen LogP contribution is -2.55. The molecule has 0 unspecified atom stereocenters. The van der Waals surface area contributed by atoms with Gasteiger partial charge in [-0.25, -0.2) is 4.98 Å². The van der Waals surface area contributed by atoms with Crippen LogP contribution < -0.4 is 5.32 Å². The van der Waals surface area contributed by atoms with Gasteiger partial charge in [0, 0.05) is 18.4 Å². The van der Waals surface area contributed by atoms with Crippen LogP contribution in [-0.2, 0) is 0 Å². The molecule has 0 aromatic carbocycles. The van der Waals surface area contributed by atoms with Crippen molar-refractivity contribution in [2.75, 3.05) is 5.75 Å². The molecule has 0 spiro atoms. The fourth-order valence-corrected chi connectivity index (χ4v) is 6.81. The molecule has 6 rings (SSSR count). The van der Waals surface area contributed by atoms with Gasteiger partial charge in [-0.3, -0.25) is 4.79 Å². The van der Waals surface area contributed by atoms with Gasteiger partial charge in [-0.15, -0.1) is 11.8 Å². The molecule has 5 heteroatoms. The number of carbonyl (C=O) groups excluding carboxylic acids is 1. The van der Waals surface area contributed by atoms with Gasteiger partial charge >= 0.3 is 0 Å². The molecule has 0 radical (unpaired) electrons. The molecule has 1 N–H and O–H groups in total. The third-order valence-corrected chi connectivity index (χ3v) is 8.12. The lowest BCUT2D eigenvalue weighted by Gasteiger charge is -2.54. The number of rotatable bonds is 6. The van der Waals surface area contributed by atoms with Crippen molar-refractivity contribution in [1.82, 2.24) is 14.9 Å². The summed E-state index contributed by atoms with van der Waals surface area (Å²) in [7, 11) is 0. The van der Waals surface area contributed by atoms with Crippen LogP contribution in [0.2, 0.25) is 0 Å². The van der Waals surface area contributed by atoms with Gasteiger partial charge in [0.05, 0.1) is 5.56 Å². The predicted octanol–water partition coefficient (Wildman–Crippen LogP) is 4.93. The number of hydrogen-bond acceptors (Lipinski definition) is 3. The van der Waals surface area contributed by atoms with Gasteiger partial charge in [-0.05, 0) is 92.2 Å². The van der Waals surface area contributed by atoms with E-state index in [0.717, 1.165) is 40.4 Å². The molecule has 4 nitrogen and oxygen atoms in total. The SMILES string of the molecule is CCCSc1nc(-n2cccc2)ccc1C(=O)NC1C2CC3CC(C2)CC1C3. The highest BCUT2D eigenvalue weighted by Crippen LogP contribution is 2.53. The van der Waals surface area contributed by atoms with Gasteiger partial charge in [0.2, 0.25) is 0 Å². The van der Waals surface area contributed by atoms with E-state index >= 15 is 0 Å². The summed E-state index contributed by atoms with van der Waals surface area (Å²) >= 11 is 1.69. The Morgan fingerprint density at radius 1 is 1.11 bits per heavy atom. The summed E-state index contributed by atoms with van der Waals surface area (Å²) in [5.41, 5.74) is 0.739. The summed E-state index contributed by atoms with van der Waals surface area (Å²) in [4.78, 5) is 18.1. The molecule has 0 atom stereocenters. The van der Waals surface area contributed by atoms with Crippen LogP contribution in [0.1, 0.15) is 55.8 Å². The Hall–Kier alpha value is -1.75. The van der Waals surface area contributed by atoms with Gasteiger partial charge in [-0.1, -0.05) is 6.92 Å². The molecule has 4 saturated carbocycles. The van der Waals surface area contributed by atoms with E-state index in [0.29, 0.717) is 17.9 Å². The molecule has 4 aliphatic carbocycles. The first kappa shape index (κ1) is 18.3. The van der Waals surface area contributed by atoms with Crippen LogP contribution in [0.25, 0.3) is 5.82 Å². The largest absolute Gasteiger partial charge is 0.349 e. The number of thioether (sulfide) groups is 1. The van der Waals surface area contributed by atoms with E-state index in [1.54, 1.807) is 11.8 Å². The zero-order valence-electron chi connectivity index (χ0n) is 16.5. The highest BCUT2D eigenvalue weighted by Gasteiger charge is 2.48. The molecule has 1 amide bonds. The number of nitrogens with one attached hydrogen (secondary N) is 1. The standard InChI is InChI=1S/C23H29N3OS/c1-2-9-28-23-19(5-6-20(24-23)26-7-3-4-8-26)22(27)25-21-17-11-15-10-16(13-17)14-18(21)12-15/h3-8,15-18,21H,2,9-14H2,1H3,(H,25,27). The Labute approximate surface area is 171 Å². The number of carbonyl (C=O) groups is 1. The van der Waals surface area contributed by atoms with E-state index in [-0.39, 0.29) is 5.91 Å². The van der Waals surface area contributed by atoms with Crippen molar-refractivity contribution in [3.05, 3.63) is 42.2 Å². The molecule has 4 aliphatic rings. The van der Waals surface area contributed by atoms with Crippen molar-refractivity contribution in [3.8, 4) is 5.82 Å². The fraction of sp³-hybridized carbons (Fsp3) is 0.565. The molecule has 2 aromatic rings. The third-order valence-electron chi connectivity index (χ3n) is 6.93. The summed E-state index contributed by atoms with van der Waals surface area (Å²) in [5, 5.41) is 4.31. The monoisotopic (exact) mass is 395 g/mol. The van der Waals surface area contributed by atoms with Crippen molar-refractivity contribution in [2.24, 2.45) is 23.7 Å². The number of nitrogens with zero attached hydrogens (tertiary/aromatic N) is 2. The Balaban J connectivity index is 1.37. The highest BCUT2D eigenvalue weighted by molar-refractivity contribution is 7.99. The first-order valence-electron chi connectivity index (χ1n) is 10.8. The minimum Gasteiger partial charge on any atom is -0.349 e. The van der Waals surface area contributed by atoms with Gasteiger partial charge in [0.25, 0.3) is 5.91 Å². The average molecular weight is 396 g/mol. The molecule has 2 aromatic heterocycles. The Kier molecular flexibility index (Phi) is 4.95. The molecule has 4 bridgehead atoms. The van der Waals surface area contributed by atoms with Gasteiger partial charge in [0.15, 0.2) is 0 Å². The van der Waals surface area contributed by atoms with Crippen molar-refractivity contribution in [2.45, 2.75) is 56.5 Å². The predicted molar refractivity (Wildman–Crippen MR) is 113 cm³/mol. The van der Waals surface area contributed by atoms with E-state index in [1.165, 1.54) is 32.1 Å². The third kappa shape index (κ3) is 3.38. The number of amides is 1. The molecule has 148 valence electrons. The van der Waals surface area contributed by atoms with E-state index in [1.807, 2.05) is 41.2 Å². The summed E-state index contributed by atoms with van der Waals surface area (Å²) < 4.78 is 2.00. The van der Waals surface area contributed by atoms with Gasteiger partial charge in [0.1, 0.15) is 10.8 Å². The highest BCUT2D eigenvalue weighted by atomic mass is 32.2. The number of pyridine rings is 1. The lowest BCUT2D eigenvalue weighted by atomic mass is 9.54. The maximum Gasteiger partial charge on any atom is 0.254 e. The van der Waals surface area contributed by atoms with Crippen LogP contribution in [0.5, 0.6) is 0 Å². The van der Waals surface area contributed by atoms with Crippen molar-refractivity contribution < 1.29 is 4.79 Å².